The molecule has 4 heteroatoms. The molecule has 18 heavy (non-hydrogen) atoms. The van der Waals surface area contributed by atoms with Gasteiger partial charge < -0.3 is 11.1 Å². The van der Waals surface area contributed by atoms with Crippen molar-refractivity contribution in [2.24, 2.45) is 11.7 Å². The molecule has 94 valence electrons. The number of aryl methyl sites for hydroxylation is 2. The minimum atomic E-state index is 0.187. The Balaban J connectivity index is 1.76. The van der Waals surface area contributed by atoms with Gasteiger partial charge in [-0.2, -0.15) is 5.26 Å². The Morgan fingerprint density at radius 3 is 3.06 bits per heavy atom. The van der Waals surface area contributed by atoms with E-state index in [1.807, 2.05) is 6.07 Å². The fraction of sp³-hybridized carbons (Fsp3) is 0.571. The highest BCUT2D eigenvalue weighted by Crippen LogP contribution is 2.32. The van der Waals surface area contributed by atoms with Gasteiger partial charge in [-0.15, -0.1) is 0 Å². The summed E-state index contributed by atoms with van der Waals surface area (Å²) in [6, 6.07) is 4.40. The van der Waals surface area contributed by atoms with Gasteiger partial charge in [0.2, 0.25) is 0 Å². The van der Waals surface area contributed by atoms with Gasteiger partial charge in [0.15, 0.2) is 0 Å². The number of nitriles is 1. The van der Waals surface area contributed by atoms with Crippen molar-refractivity contribution in [3.05, 3.63) is 22.9 Å². The van der Waals surface area contributed by atoms with Gasteiger partial charge in [-0.3, -0.25) is 0 Å². The Hall–Kier alpha value is -1.60. The van der Waals surface area contributed by atoms with E-state index in [0.717, 1.165) is 25.0 Å². The first-order chi connectivity index (χ1) is 8.78. The summed E-state index contributed by atoms with van der Waals surface area (Å²) in [6.07, 6.45) is 5.72. The number of aromatic nitrogens is 1. The summed E-state index contributed by atoms with van der Waals surface area (Å²) >= 11 is 0. The van der Waals surface area contributed by atoms with Crippen molar-refractivity contribution in [2.45, 2.75) is 38.1 Å². The molecule has 1 heterocycles. The van der Waals surface area contributed by atoms with E-state index in [1.165, 1.54) is 18.4 Å². The third-order valence-corrected chi connectivity index (χ3v) is 3.90. The number of rotatable bonds is 4. The Morgan fingerprint density at radius 1 is 1.50 bits per heavy atom. The van der Waals surface area contributed by atoms with E-state index in [9.17, 15) is 5.26 Å². The molecule has 0 aromatic carbocycles. The van der Waals surface area contributed by atoms with Crippen LogP contribution in [0.1, 0.15) is 36.1 Å². The topological polar surface area (TPSA) is 74.7 Å². The van der Waals surface area contributed by atoms with Gasteiger partial charge in [0.25, 0.3) is 0 Å². The summed E-state index contributed by atoms with van der Waals surface area (Å²) in [7, 11) is 0. The average Bonchev–Trinajstić information content (AvgIpc) is 3.14. The molecule has 2 aliphatic rings. The Kier molecular flexibility index (Phi) is 2.92. The lowest BCUT2D eigenvalue weighted by Crippen LogP contribution is -2.31. The lowest BCUT2D eigenvalue weighted by Gasteiger charge is -2.14. The molecule has 1 unspecified atom stereocenters. The molecule has 3 rings (SSSR count). The Morgan fingerprint density at radius 2 is 2.33 bits per heavy atom. The Bertz CT molecular complexity index is 499. The molecule has 0 bridgehead atoms. The number of anilines is 1. The van der Waals surface area contributed by atoms with Crippen molar-refractivity contribution < 1.29 is 0 Å². The summed E-state index contributed by atoms with van der Waals surface area (Å²) in [5.74, 6) is 1.38. The maximum Gasteiger partial charge on any atom is 0.144 e. The third-order valence-electron chi connectivity index (χ3n) is 3.90. The molecular weight excluding hydrogens is 224 g/mol. The lowest BCUT2D eigenvalue weighted by molar-refractivity contribution is 0.619. The fourth-order valence-corrected chi connectivity index (χ4v) is 2.60. The van der Waals surface area contributed by atoms with Gasteiger partial charge in [0, 0.05) is 18.3 Å². The lowest BCUT2D eigenvalue weighted by atomic mass is 10.1. The molecule has 1 atom stereocenters. The van der Waals surface area contributed by atoms with Crippen LogP contribution in [0, 0.1) is 17.2 Å². The standard InChI is InChI=1S/C14H18N4/c15-7-11-6-10-2-1-3-13(10)18-14(11)17-8-12(16)9-4-5-9/h6,9,12H,1-5,8,16H2,(H,17,18). The van der Waals surface area contributed by atoms with Crippen LogP contribution in [0.4, 0.5) is 5.82 Å². The summed E-state index contributed by atoms with van der Waals surface area (Å²) in [6.45, 7) is 0.713. The van der Waals surface area contributed by atoms with Crippen molar-refractivity contribution in [3.63, 3.8) is 0 Å². The first-order valence-corrected chi connectivity index (χ1v) is 6.70. The van der Waals surface area contributed by atoms with E-state index in [-0.39, 0.29) is 6.04 Å². The Labute approximate surface area is 107 Å². The van der Waals surface area contributed by atoms with Crippen LogP contribution in [0.5, 0.6) is 0 Å². The maximum absolute atomic E-state index is 9.18. The van der Waals surface area contributed by atoms with Crippen LogP contribution in [0.15, 0.2) is 6.07 Å². The highest BCUT2D eigenvalue weighted by Gasteiger charge is 2.28. The van der Waals surface area contributed by atoms with Crippen LogP contribution in [0.2, 0.25) is 0 Å². The number of pyridine rings is 1. The molecule has 1 fully saturated rings. The molecule has 1 aromatic heterocycles. The van der Waals surface area contributed by atoms with Crippen LogP contribution >= 0.6 is 0 Å². The zero-order valence-electron chi connectivity index (χ0n) is 10.4. The second-order valence-electron chi connectivity index (χ2n) is 5.34. The highest BCUT2D eigenvalue weighted by molar-refractivity contribution is 5.55. The van der Waals surface area contributed by atoms with Crippen molar-refractivity contribution in [1.29, 1.82) is 5.26 Å². The van der Waals surface area contributed by atoms with Crippen molar-refractivity contribution in [2.75, 3.05) is 11.9 Å². The van der Waals surface area contributed by atoms with Crippen LogP contribution in [-0.4, -0.2) is 17.6 Å². The molecule has 0 aliphatic heterocycles. The molecule has 1 saturated carbocycles. The molecule has 0 saturated heterocycles. The van der Waals surface area contributed by atoms with E-state index in [4.69, 9.17) is 5.73 Å². The normalized spacial score (nSPS) is 19.1. The summed E-state index contributed by atoms with van der Waals surface area (Å²) in [5.41, 5.74) is 9.10. The molecule has 1 aromatic rings. The maximum atomic E-state index is 9.18. The van der Waals surface area contributed by atoms with E-state index in [1.54, 1.807) is 0 Å². The fourth-order valence-electron chi connectivity index (χ4n) is 2.60. The summed E-state index contributed by atoms with van der Waals surface area (Å²) in [4.78, 5) is 4.59. The predicted octanol–water partition coefficient (Wildman–Crippen LogP) is 1.59. The van der Waals surface area contributed by atoms with Gasteiger partial charge in [-0.25, -0.2) is 4.98 Å². The monoisotopic (exact) mass is 242 g/mol. The van der Waals surface area contributed by atoms with Crippen molar-refractivity contribution in [3.8, 4) is 6.07 Å². The number of hydrogen-bond acceptors (Lipinski definition) is 4. The third kappa shape index (κ3) is 2.19. The summed E-state index contributed by atoms with van der Waals surface area (Å²) in [5, 5.41) is 12.4. The van der Waals surface area contributed by atoms with Gasteiger partial charge in [-0.05, 0) is 49.7 Å². The SMILES string of the molecule is N#Cc1cc2c(nc1NCC(N)C1CC1)CCC2. The second-order valence-corrected chi connectivity index (χ2v) is 5.34. The zero-order chi connectivity index (χ0) is 12.5. The number of nitrogens with zero attached hydrogens (tertiary/aromatic N) is 2. The quantitative estimate of drug-likeness (QED) is 0.840. The van der Waals surface area contributed by atoms with E-state index in [2.05, 4.69) is 16.4 Å². The highest BCUT2D eigenvalue weighted by atomic mass is 15.0. The number of hydrogen-bond donors (Lipinski definition) is 2. The van der Waals surface area contributed by atoms with Crippen LogP contribution in [0.3, 0.4) is 0 Å². The van der Waals surface area contributed by atoms with Crippen LogP contribution < -0.4 is 11.1 Å². The summed E-state index contributed by atoms with van der Waals surface area (Å²) < 4.78 is 0. The minimum Gasteiger partial charge on any atom is -0.367 e. The van der Waals surface area contributed by atoms with E-state index in [0.29, 0.717) is 23.8 Å². The first kappa shape index (κ1) is 11.5. The molecule has 4 nitrogen and oxygen atoms in total. The number of nitrogens with one attached hydrogen (secondary N) is 1. The van der Waals surface area contributed by atoms with E-state index >= 15 is 0 Å². The smallest absolute Gasteiger partial charge is 0.144 e. The van der Waals surface area contributed by atoms with Gasteiger partial charge >= 0.3 is 0 Å². The molecule has 3 N–H and O–H groups in total. The second kappa shape index (κ2) is 4.58. The molecule has 2 aliphatic carbocycles. The van der Waals surface area contributed by atoms with E-state index < -0.39 is 0 Å². The van der Waals surface area contributed by atoms with Gasteiger partial charge in [-0.1, -0.05) is 0 Å². The molecule has 0 amide bonds. The predicted molar refractivity (Wildman–Crippen MR) is 70.2 cm³/mol. The molecular formula is C14H18N4. The van der Waals surface area contributed by atoms with Crippen LogP contribution in [0.25, 0.3) is 0 Å². The van der Waals surface area contributed by atoms with Crippen molar-refractivity contribution in [1.82, 2.24) is 4.98 Å². The van der Waals surface area contributed by atoms with Crippen LogP contribution in [-0.2, 0) is 12.8 Å². The first-order valence-electron chi connectivity index (χ1n) is 6.70. The number of fused-ring (bicyclic) bond motifs is 1. The van der Waals surface area contributed by atoms with Gasteiger partial charge in [0.05, 0.1) is 5.56 Å². The molecule has 0 radical (unpaired) electrons. The molecule has 0 spiro atoms. The largest absolute Gasteiger partial charge is 0.367 e. The number of nitrogens with two attached hydrogens (primary N) is 1. The van der Waals surface area contributed by atoms with Gasteiger partial charge in [0.1, 0.15) is 11.9 Å². The minimum absolute atomic E-state index is 0.187. The van der Waals surface area contributed by atoms with Crippen molar-refractivity contribution >= 4 is 5.82 Å². The zero-order valence-corrected chi connectivity index (χ0v) is 10.4. The average molecular weight is 242 g/mol.